The lowest BCUT2D eigenvalue weighted by molar-refractivity contribution is -0.125. The van der Waals surface area contributed by atoms with Gasteiger partial charge in [-0.2, -0.15) is 0 Å². The number of para-hydroxylation sites is 1. The van der Waals surface area contributed by atoms with Gasteiger partial charge in [-0.15, -0.1) is 0 Å². The molecule has 0 spiro atoms. The number of aromatic nitrogens is 1. The van der Waals surface area contributed by atoms with Crippen LogP contribution in [0, 0.1) is 5.41 Å². The molecule has 3 heterocycles. The van der Waals surface area contributed by atoms with Gasteiger partial charge in [-0.3, -0.25) is 4.98 Å². The molecule has 1 atom stereocenters. The minimum atomic E-state index is -1.03. The van der Waals surface area contributed by atoms with Crippen molar-refractivity contribution < 1.29 is 14.9 Å². The van der Waals surface area contributed by atoms with Crippen molar-refractivity contribution in [2.75, 3.05) is 19.6 Å². The summed E-state index contributed by atoms with van der Waals surface area (Å²) in [6.07, 6.45) is 6.05. The maximum atomic E-state index is 11.7. The van der Waals surface area contributed by atoms with Crippen LogP contribution < -0.4 is 4.74 Å². The van der Waals surface area contributed by atoms with Crippen molar-refractivity contribution in [2.45, 2.75) is 58.2 Å². The lowest BCUT2D eigenvalue weighted by Crippen LogP contribution is -2.55. The Morgan fingerprint density at radius 3 is 2.53 bits per heavy atom. The first-order chi connectivity index (χ1) is 18.0. The van der Waals surface area contributed by atoms with E-state index in [4.69, 9.17) is 16.3 Å². The number of rotatable bonds is 5. The van der Waals surface area contributed by atoms with Crippen LogP contribution in [-0.4, -0.2) is 39.7 Å². The quantitative estimate of drug-likeness (QED) is 0.404. The van der Waals surface area contributed by atoms with Crippen molar-refractivity contribution in [3.8, 4) is 5.75 Å². The van der Waals surface area contributed by atoms with E-state index in [0.29, 0.717) is 17.9 Å². The molecule has 0 amide bonds. The van der Waals surface area contributed by atoms with Crippen LogP contribution in [0.1, 0.15) is 68.5 Å². The largest absolute Gasteiger partial charge is 0.455 e. The maximum Gasteiger partial charge on any atom is 0.149 e. The van der Waals surface area contributed by atoms with Gasteiger partial charge in [-0.1, -0.05) is 61.8 Å². The van der Waals surface area contributed by atoms with E-state index in [2.05, 4.69) is 41.9 Å². The third-order valence-corrected chi connectivity index (χ3v) is 8.35. The monoisotopic (exact) mass is 532 g/mol. The Kier molecular flexibility index (Phi) is 7.16. The molecule has 1 fully saturated rings. The number of pyridine rings is 1. The van der Waals surface area contributed by atoms with E-state index in [9.17, 15) is 10.2 Å². The first kappa shape index (κ1) is 26.9. The zero-order valence-corrected chi connectivity index (χ0v) is 23.4. The second kappa shape index (κ2) is 10.1. The standard InChI is InChI=1S/C32H37ClN2O3/c1-30(2)21-35(19-16-32(30,37)24-12-14-25(33)15-13-24)18-7-11-27-28-22(9-6-17-34-28)20-23-8-5-10-26(29(23)38-27)31(3,4)36/h5-6,8-15,17,36-37H,7,16,18-21H2,1-4H3/b27-11+. The van der Waals surface area contributed by atoms with E-state index in [-0.39, 0.29) is 5.41 Å². The molecule has 200 valence electrons. The van der Waals surface area contributed by atoms with Crippen LogP contribution in [-0.2, 0) is 17.6 Å². The van der Waals surface area contributed by atoms with Crippen LogP contribution >= 0.6 is 11.6 Å². The van der Waals surface area contributed by atoms with Gasteiger partial charge in [0.15, 0.2) is 0 Å². The molecule has 2 aromatic carbocycles. The van der Waals surface area contributed by atoms with E-state index in [1.54, 1.807) is 20.0 Å². The SMILES string of the molecule is CC(C)(O)c1cccc2c1O/C(=C/CCN1CCC(O)(c3ccc(Cl)cc3)C(C)(C)C1)c1ncccc1C2. The average Bonchev–Trinajstić information content (AvgIpc) is 3.02. The fourth-order valence-corrected chi connectivity index (χ4v) is 6.01. The lowest BCUT2D eigenvalue weighted by atomic mass is 9.66. The van der Waals surface area contributed by atoms with Crippen LogP contribution in [0.2, 0.25) is 5.02 Å². The van der Waals surface area contributed by atoms with E-state index >= 15 is 0 Å². The molecule has 6 heteroatoms. The fourth-order valence-electron chi connectivity index (χ4n) is 5.89. The van der Waals surface area contributed by atoms with Crippen molar-refractivity contribution in [3.63, 3.8) is 0 Å². The van der Waals surface area contributed by atoms with Crippen LogP contribution in [0.15, 0.2) is 66.9 Å². The summed E-state index contributed by atoms with van der Waals surface area (Å²) in [6.45, 7) is 10.3. The summed E-state index contributed by atoms with van der Waals surface area (Å²) in [5.74, 6) is 1.45. The Labute approximate surface area is 230 Å². The van der Waals surface area contributed by atoms with Crippen LogP contribution in [0.25, 0.3) is 5.76 Å². The molecule has 0 aliphatic carbocycles. The topological polar surface area (TPSA) is 65.8 Å². The van der Waals surface area contributed by atoms with Crippen molar-refractivity contribution in [3.05, 3.63) is 99.8 Å². The van der Waals surface area contributed by atoms with E-state index in [0.717, 1.165) is 65.5 Å². The van der Waals surface area contributed by atoms with E-state index in [1.165, 1.54) is 0 Å². The molecular formula is C32H37ClN2O3. The summed E-state index contributed by atoms with van der Waals surface area (Å²) in [5.41, 5.74) is 2.43. The molecule has 2 aliphatic rings. The number of nitrogens with zero attached hydrogens (tertiary/aromatic N) is 2. The number of likely N-dealkylation sites (tertiary alicyclic amines) is 1. The number of piperidine rings is 1. The molecule has 3 aromatic rings. The average molecular weight is 533 g/mol. The highest BCUT2D eigenvalue weighted by atomic mass is 35.5. The Hall–Kier alpha value is -2.70. The first-order valence-corrected chi connectivity index (χ1v) is 13.7. The summed E-state index contributed by atoms with van der Waals surface area (Å²) in [7, 11) is 0. The van der Waals surface area contributed by atoms with Crippen LogP contribution in [0.3, 0.4) is 0 Å². The van der Waals surface area contributed by atoms with Crippen LogP contribution in [0.4, 0.5) is 0 Å². The minimum Gasteiger partial charge on any atom is -0.455 e. The van der Waals surface area contributed by atoms with Crippen molar-refractivity contribution >= 4 is 17.4 Å². The zero-order valence-electron chi connectivity index (χ0n) is 22.7. The summed E-state index contributed by atoms with van der Waals surface area (Å²) in [6, 6.07) is 17.6. The molecule has 1 saturated heterocycles. The molecule has 1 aromatic heterocycles. The Morgan fingerprint density at radius 1 is 1.08 bits per heavy atom. The number of ether oxygens (including phenoxy) is 1. The van der Waals surface area contributed by atoms with Gasteiger partial charge in [-0.05, 0) is 67.7 Å². The maximum absolute atomic E-state index is 11.7. The first-order valence-electron chi connectivity index (χ1n) is 13.4. The molecule has 0 saturated carbocycles. The molecule has 0 radical (unpaired) electrons. The number of hydrogen-bond acceptors (Lipinski definition) is 5. The summed E-state index contributed by atoms with van der Waals surface area (Å²) in [5, 5.41) is 23.2. The summed E-state index contributed by atoms with van der Waals surface area (Å²) in [4.78, 5) is 7.08. The highest BCUT2D eigenvalue weighted by Crippen LogP contribution is 2.46. The Morgan fingerprint density at radius 2 is 1.82 bits per heavy atom. The third-order valence-electron chi connectivity index (χ3n) is 8.10. The van der Waals surface area contributed by atoms with Crippen molar-refractivity contribution in [1.82, 2.24) is 9.88 Å². The highest BCUT2D eigenvalue weighted by molar-refractivity contribution is 6.30. The zero-order chi connectivity index (χ0) is 27.1. The van der Waals surface area contributed by atoms with E-state index < -0.39 is 11.2 Å². The van der Waals surface area contributed by atoms with Gasteiger partial charge in [0.2, 0.25) is 0 Å². The Balaban J connectivity index is 1.36. The Bertz CT molecular complexity index is 1340. The second-order valence-corrected chi connectivity index (χ2v) is 12.2. The molecule has 2 N–H and O–H groups in total. The predicted octanol–water partition coefficient (Wildman–Crippen LogP) is 6.30. The third kappa shape index (κ3) is 5.13. The van der Waals surface area contributed by atoms with Gasteiger partial charge in [-0.25, -0.2) is 0 Å². The van der Waals surface area contributed by atoms with Gasteiger partial charge < -0.3 is 19.8 Å². The van der Waals surface area contributed by atoms with Gasteiger partial charge in [0.1, 0.15) is 17.2 Å². The smallest absolute Gasteiger partial charge is 0.149 e. The summed E-state index contributed by atoms with van der Waals surface area (Å²) < 4.78 is 6.54. The molecule has 2 aliphatic heterocycles. The number of halogens is 1. The predicted molar refractivity (Wildman–Crippen MR) is 152 cm³/mol. The van der Waals surface area contributed by atoms with E-state index in [1.807, 2.05) is 42.5 Å². The normalized spacial score (nSPS) is 22.3. The van der Waals surface area contributed by atoms with Gasteiger partial charge in [0.05, 0.1) is 11.2 Å². The summed E-state index contributed by atoms with van der Waals surface area (Å²) >= 11 is 6.09. The number of benzene rings is 2. The van der Waals surface area contributed by atoms with Gasteiger partial charge in [0, 0.05) is 48.3 Å². The lowest BCUT2D eigenvalue weighted by Gasteiger charge is -2.50. The second-order valence-electron chi connectivity index (χ2n) is 11.8. The molecular weight excluding hydrogens is 496 g/mol. The molecule has 1 unspecified atom stereocenters. The van der Waals surface area contributed by atoms with Crippen LogP contribution in [0.5, 0.6) is 5.75 Å². The van der Waals surface area contributed by atoms with Crippen molar-refractivity contribution in [2.24, 2.45) is 5.41 Å². The molecule has 38 heavy (non-hydrogen) atoms. The fraction of sp³-hybridized carbons (Fsp3) is 0.406. The van der Waals surface area contributed by atoms with Crippen molar-refractivity contribution in [1.29, 1.82) is 0 Å². The van der Waals surface area contributed by atoms with Gasteiger partial charge >= 0.3 is 0 Å². The number of fused-ring (bicyclic) bond motifs is 2. The van der Waals surface area contributed by atoms with Gasteiger partial charge in [0.25, 0.3) is 0 Å². The minimum absolute atomic E-state index is 0.334. The molecule has 5 rings (SSSR count). The number of hydrogen-bond donors (Lipinski definition) is 2. The molecule has 5 nitrogen and oxygen atoms in total. The molecule has 0 bridgehead atoms. The highest BCUT2D eigenvalue weighted by Gasteiger charge is 2.48. The number of aliphatic hydroxyl groups is 2.